The number of benzene rings is 3. The SMILES string of the molecule is COc1cc(COc2cc(C=CC(=O)O)n(-c3ccccc3)n2)ccc1OCc1nc(-c2ccccc2)oc1C. The summed E-state index contributed by atoms with van der Waals surface area (Å²) in [7, 11) is 1.57. The van der Waals surface area contributed by atoms with Crippen molar-refractivity contribution in [3.05, 3.63) is 114 Å². The Morgan fingerprint density at radius 2 is 1.70 bits per heavy atom. The van der Waals surface area contributed by atoms with Crippen LogP contribution < -0.4 is 14.2 Å². The maximum absolute atomic E-state index is 11.1. The van der Waals surface area contributed by atoms with E-state index in [-0.39, 0.29) is 13.2 Å². The number of carboxylic acid groups (broad SMARTS) is 1. The van der Waals surface area contributed by atoms with Gasteiger partial charge >= 0.3 is 5.97 Å². The smallest absolute Gasteiger partial charge is 0.328 e. The minimum absolute atomic E-state index is 0.216. The van der Waals surface area contributed by atoms with Gasteiger partial charge in [0.2, 0.25) is 11.8 Å². The van der Waals surface area contributed by atoms with Crippen LogP contribution >= 0.6 is 0 Å². The largest absolute Gasteiger partial charge is 0.493 e. The summed E-state index contributed by atoms with van der Waals surface area (Å²) in [5.41, 5.74) is 3.80. The molecule has 9 nitrogen and oxygen atoms in total. The number of aliphatic carboxylic acids is 1. The number of nitrogens with zero attached hydrogens (tertiary/aromatic N) is 3. The first-order chi connectivity index (χ1) is 19.5. The third-order valence-electron chi connectivity index (χ3n) is 6.00. The van der Waals surface area contributed by atoms with E-state index in [0.717, 1.165) is 22.9 Å². The van der Waals surface area contributed by atoms with Crippen LogP contribution in [0, 0.1) is 6.92 Å². The second-order valence-electron chi connectivity index (χ2n) is 8.78. The normalized spacial score (nSPS) is 11.1. The number of para-hydroxylation sites is 1. The van der Waals surface area contributed by atoms with E-state index in [9.17, 15) is 4.79 Å². The summed E-state index contributed by atoms with van der Waals surface area (Å²) in [6.45, 7) is 2.29. The number of aromatic nitrogens is 3. The average molecular weight is 538 g/mol. The molecule has 3 aromatic carbocycles. The van der Waals surface area contributed by atoms with Gasteiger partial charge in [0, 0.05) is 17.7 Å². The van der Waals surface area contributed by atoms with E-state index >= 15 is 0 Å². The lowest BCUT2D eigenvalue weighted by atomic mass is 10.2. The van der Waals surface area contributed by atoms with Crippen LogP contribution in [0.1, 0.15) is 22.7 Å². The van der Waals surface area contributed by atoms with Crippen molar-refractivity contribution in [2.75, 3.05) is 7.11 Å². The Bertz CT molecular complexity index is 1620. The number of aryl methyl sites for hydroxylation is 1. The van der Waals surface area contributed by atoms with Crippen molar-refractivity contribution in [3.63, 3.8) is 0 Å². The zero-order chi connectivity index (χ0) is 27.9. The highest BCUT2D eigenvalue weighted by atomic mass is 16.5. The van der Waals surface area contributed by atoms with Gasteiger partial charge < -0.3 is 23.7 Å². The fourth-order valence-electron chi connectivity index (χ4n) is 3.99. The van der Waals surface area contributed by atoms with Gasteiger partial charge in [-0.15, -0.1) is 5.10 Å². The van der Waals surface area contributed by atoms with E-state index in [2.05, 4.69) is 10.1 Å². The van der Waals surface area contributed by atoms with Crippen molar-refractivity contribution in [1.82, 2.24) is 14.8 Å². The third-order valence-corrected chi connectivity index (χ3v) is 6.00. The maximum Gasteiger partial charge on any atom is 0.328 e. The number of hydrogen-bond acceptors (Lipinski definition) is 7. The van der Waals surface area contributed by atoms with Crippen molar-refractivity contribution >= 4 is 12.0 Å². The number of ether oxygens (including phenoxy) is 3. The fourth-order valence-corrected chi connectivity index (χ4v) is 3.99. The lowest BCUT2D eigenvalue weighted by Crippen LogP contribution is -2.02. The topological polar surface area (TPSA) is 109 Å². The number of carbonyl (C=O) groups is 1. The molecule has 9 heteroatoms. The minimum Gasteiger partial charge on any atom is -0.493 e. The molecular formula is C31H27N3O6. The van der Waals surface area contributed by atoms with Crippen molar-refractivity contribution < 1.29 is 28.5 Å². The molecule has 0 unspecified atom stereocenters. The van der Waals surface area contributed by atoms with Gasteiger partial charge in [-0.3, -0.25) is 0 Å². The Morgan fingerprint density at radius 3 is 2.42 bits per heavy atom. The van der Waals surface area contributed by atoms with Crippen LogP contribution in [-0.2, 0) is 18.0 Å². The molecule has 0 bridgehead atoms. The summed E-state index contributed by atoms with van der Waals surface area (Å²) in [5, 5.41) is 13.6. The Morgan fingerprint density at radius 1 is 0.950 bits per heavy atom. The van der Waals surface area contributed by atoms with Gasteiger partial charge in [0.05, 0.1) is 18.5 Å². The fraction of sp³-hybridized carbons (Fsp3) is 0.129. The molecule has 2 heterocycles. The van der Waals surface area contributed by atoms with E-state index in [0.29, 0.717) is 40.4 Å². The van der Waals surface area contributed by atoms with Gasteiger partial charge in [0.25, 0.3) is 0 Å². The first kappa shape index (κ1) is 26.3. The van der Waals surface area contributed by atoms with Crippen LogP contribution in [0.2, 0.25) is 0 Å². The summed E-state index contributed by atoms with van der Waals surface area (Å²) in [4.78, 5) is 15.6. The van der Waals surface area contributed by atoms with E-state index in [1.807, 2.05) is 85.8 Å². The van der Waals surface area contributed by atoms with Gasteiger partial charge in [-0.1, -0.05) is 42.5 Å². The molecule has 0 aliphatic rings. The third kappa shape index (κ3) is 6.21. The molecule has 0 fully saturated rings. The molecule has 0 saturated heterocycles. The van der Waals surface area contributed by atoms with Gasteiger partial charge in [0.1, 0.15) is 24.7 Å². The molecule has 0 saturated carbocycles. The van der Waals surface area contributed by atoms with Crippen LogP contribution in [0.15, 0.2) is 95.4 Å². The zero-order valence-corrected chi connectivity index (χ0v) is 22.0. The predicted octanol–water partition coefficient (Wildman–Crippen LogP) is 6.10. The second-order valence-corrected chi connectivity index (χ2v) is 8.78. The minimum atomic E-state index is -1.05. The monoisotopic (exact) mass is 537 g/mol. The number of hydrogen-bond donors (Lipinski definition) is 1. The van der Waals surface area contributed by atoms with Crippen molar-refractivity contribution in [3.8, 4) is 34.5 Å². The quantitative estimate of drug-likeness (QED) is 0.201. The number of rotatable bonds is 11. The zero-order valence-electron chi connectivity index (χ0n) is 22.0. The molecule has 0 radical (unpaired) electrons. The summed E-state index contributed by atoms with van der Waals surface area (Å²) < 4.78 is 25.0. The predicted molar refractivity (Wildman–Crippen MR) is 149 cm³/mol. The molecule has 0 amide bonds. The van der Waals surface area contributed by atoms with Gasteiger partial charge in [-0.2, -0.15) is 0 Å². The molecule has 1 N–H and O–H groups in total. The number of carboxylic acids is 1. The first-order valence-corrected chi connectivity index (χ1v) is 12.5. The number of oxazole rings is 1. The van der Waals surface area contributed by atoms with Crippen molar-refractivity contribution in [1.29, 1.82) is 0 Å². The molecule has 0 aliphatic carbocycles. The first-order valence-electron chi connectivity index (χ1n) is 12.5. The number of methoxy groups -OCH3 is 1. The molecule has 0 atom stereocenters. The molecule has 40 heavy (non-hydrogen) atoms. The van der Waals surface area contributed by atoms with Crippen molar-refractivity contribution in [2.45, 2.75) is 20.1 Å². The Labute approximate surface area is 230 Å². The van der Waals surface area contributed by atoms with E-state index in [4.69, 9.17) is 23.7 Å². The van der Waals surface area contributed by atoms with Crippen LogP contribution in [0.3, 0.4) is 0 Å². The van der Waals surface area contributed by atoms with E-state index in [1.54, 1.807) is 17.9 Å². The molecule has 202 valence electrons. The van der Waals surface area contributed by atoms with Crippen LogP contribution in [-0.4, -0.2) is 33.0 Å². The lowest BCUT2D eigenvalue weighted by Gasteiger charge is -2.12. The van der Waals surface area contributed by atoms with Gasteiger partial charge in [0.15, 0.2) is 11.5 Å². The highest BCUT2D eigenvalue weighted by Gasteiger charge is 2.14. The molecule has 5 aromatic rings. The summed E-state index contributed by atoms with van der Waals surface area (Å²) in [6, 6.07) is 26.3. The molecule has 0 aliphatic heterocycles. The summed E-state index contributed by atoms with van der Waals surface area (Å²) in [6.07, 6.45) is 2.54. The van der Waals surface area contributed by atoms with Gasteiger partial charge in [-0.05, 0) is 55.0 Å². The van der Waals surface area contributed by atoms with E-state index in [1.165, 1.54) is 6.08 Å². The lowest BCUT2D eigenvalue weighted by molar-refractivity contribution is -0.131. The second kappa shape index (κ2) is 12.0. The van der Waals surface area contributed by atoms with Crippen molar-refractivity contribution in [2.24, 2.45) is 0 Å². The van der Waals surface area contributed by atoms with Crippen LogP contribution in [0.4, 0.5) is 0 Å². The molecule has 0 spiro atoms. The highest BCUT2D eigenvalue weighted by molar-refractivity contribution is 5.85. The Balaban J connectivity index is 1.27. The Hall–Kier alpha value is -5.31. The summed E-state index contributed by atoms with van der Waals surface area (Å²) in [5.74, 6) is 1.65. The summed E-state index contributed by atoms with van der Waals surface area (Å²) >= 11 is 0. The Kier molecular flexibility index (Phi) is 7.92. The molecule has 2 aromatic heterocycles. The van der Waals surface area contributed by atoms with Crippen LogP contribution in [0.25, 0.3) is 23.2 Å². The van der Waals surface area contributed by atoms with E-state index < -0.39 is 5.97 Å². The standard InChI is InChI=1S/C31H27N3O6/c1-21-26(32-31(40-21)23-9-5-3-6-10-23)20-38-27-15-13-22(17-28(27)37-2)19-39-29-18-25(14-16-30(35)36)34(33-29)24-11-7-4-8-12-24/h3-18H,19-20H2,1-2H3,(H,35,36). The maximum atomic E-state index is 11.1. The molecule has 5 rings (SSSR count). The average Bonchev–Trinajstić information content (AvgIpc) is 3.58. The highest BCUT2D eigenvalue weighted by Crippen LogP contribution is 2.30. The molecular weight excluding hydrogens is 510 g/mol. The van der Waals surface area contributed by atoms with Crippen LogP contribution in [0.5, 0.6) is 17.4 Å². The van der Waals surface area contributed by atoms with Gasteiger partial charge in [-0.25, -0.2) is 14.5 Å².